The van der Waals surface area contributed by atoms with Crippen LogP contribution in [-0.2, 0) is 0 Å². The van der Waals surface area contributed by atoms with Crippen LogP contribution in [0.25, 0.3) is 33.4 Å². The molecule has 0 aliphatic heterocycles. The van der Waals surface area contributed by atoms with Gasteiger partial charge in [0, 0.05) is 35.1 Å². The minimum absolute atomic E-state index is 0.184. The Morgan fingerprint density at radius 2 is 1.62 bits per heavy atom. The number of nitrogens with zero attached hydrogens (tertiary/aromatic N) is 5. The van der Waals surface area contributed by atoms with Crippen LogP contribution >= 0.6 is 0 Å². The molecule has 7 nitrogen and oxygen atoms in total. The Hall–Kier alpha value is -3.61. The normalized spacial score (nSPS) is 10.8. The van der Waals surface area contributed by atoms with Gasteiger partial charge in [-0.3, -0.25) is 4.98 Å². The van der Waals surface area contributed by atoms with Crippen molar-refractivity contribution in [1.82, 2.24) is 24.9 Å². The Labute approximate surface area is 137 Å². The maximum atomic E-state index is 5.79. The number of nitrogens with two attached hydrogens (primary N) is 2. The first-order valence-corrected chi connectivity index (χ1v) is 7.27. The van der Waals surface area contributed by atoms with Crippen molar-refractivity contribution >= 4 is 22.8 Å². The molecule has 4 aromatic rings. The predicted octanol–water partition coefficient (Wildman–Crippen LogP) is 2.31. The van der Waals surface area contributed by atoms with Gasteiger partial charge in [0.25, 0.3) is 0 Å². The van der Waals surface area contributed by atoms with Gasteiger partial charge < -0.3 is 11.5 Å². The minimum atomic E-state index is 0.184. The summed E-state index contributed by atoms with van der Waals surface area (Å²) in [6.45, 7) is 0. The van der Waals surface area contributed by atoms with Gasteiger partial charge in [-0.1, -0.05) is 18.2 Å². The molecule has 0 aliphatic carbocycles. The number of rotatable bonds is 2. The average Bonchev–Trinajstić information content (AvgIpc) is 2.61. The molecule has 0 bridgehead atoms. The lowest BCUT2D eigenvalue weighted by atomic mass is 10.0. The van der Waals surface area contributed by atoms with Gasteiger partial charge in [0.15, 0.2) is 0 Å². The molecule has 1 aromatic carbocycles. The summed E-state index contributed by atoms with van der Waals surface area (Å²) < 4.78 is 0. The lowest BCUT2D eigenvalue weighted by molar-refractivity contribution is 1.15. The highest BCUT2D eigenvalue weighted by molar-refractivity contribution is 5.86. The second-order valence-corrected chi connectivity index (χ2v) is 5.21. The van der Waals surface area contributed by atoms with Crippen LogP contribution in [-0.4, -0.2) is 24.9 Å². The number of aromatic nitrogens is 5. The van der Waals surface area contributed by atoms with E-state index in [-0.39, 0.29) is 11.9 Å². The Bertz CT molecular complexity index is 1050. The lowest BCUT2D eigenvalue weighted by Crippen LogP contribution is -2.01. The fourth-order valence-electron chi connectivity index (χ4n) is 2.53. The fourth-order valence-corrected chi connectivity index (χ4v) is 2.53. The van der Waals surface area contributed by atoms with E-state index in [1.165, 1.54) is 0 Å². The van der Waals surface area contributed by atoms with Crippen molar-refractivity contribution in [2.24, 2.45) is 0 Å². The Kier molecular flexibility index (Phi) is 3.24. The monoisotopic (exact) mass is 315 g/mol. The summed E-state index contributed by atoms with van der Waals surface area (Å²) in [4.78, 5) is 21.1. The average molecular weight is 315 g/mol. The summed E-state index contributed by atoms with van der Waals surface area (Å²) in [7, 11) is 0. The largest absolute Gasteiger partial charge is 0.368 e. The van der Waals surface area contributed by atoms with E-state index < -0.39 is 0 Å². The first-order valence-electron chi connectivity index (χ1n) is 7.27. The highest BCUT2D eigenvalue weighted by Crippen LogP contribution is 2.30. The van der Waals surface area contributed by atoms with Crippen LogP contribution in [0.1, 0.15) is 0 Å². The third kappa shape index (κ3) is 2.48. The first-order chi connectivity index (χ1) is 11.7. The summed E-state index contributed by atoms with van der Waals surface area (Å²) in [5.74, 6) is 0.371. The third-order valence-electron chi connectivity index (χ3n) is 3.62. The quantitative estimate of drug-likeness (QED) is 0.583. The van der Waals surface area contributed by atoms with Gasteiger partial charge in [0.2, 0.25) is 11.9 Å². The van der Waals surface area contributed by atoms with Crippen LogP contribution in [0.2, 0.25) is 0 Å². The van der Waals surface area contributed by atoms with Crippen molar-refractivity contribution in [2.75, 3.05) is 11.5 Å². The van der Waals surface area contributed by atoms with Gasteiger partial charge in [-0.15, -0.1) is 0 Å². The maximum absolute atomic E-state index is 5.79. The molecule has 0 spiro atoms. The van der Waals surface area contributed by atoms with E-state index in [2.05, 4.69) is 24.9 Å². The Morgan fingerprint density at radius 3 is 2.50 bits per heavy atom. The number of hydrogen-bond donors (Lipinski definition) is 2. The van der Waals surface area contributed by atoms with Crippen molar-refractivity contribution in [2.45, 2.75) is 0 Å². The number of para-hydroxylation sites is 1. The third-order valence-corrected chi connectivity index (χ3v) is 3.62. The van der Waals surface area contributed by atoms with Crippen molar-refractivity contribution in [3.8, 4) is 22.5 Å². The summed E-state index contributed by atoms with van der Waals surface area (Å²) in [5, 5.41) is 1.01. The molecule has 0 saturated heterocycles. The number of fused-ring (bicyclic) bond motifs is 1. The highest BCUT2D eigenvalue weighted by atomic mass is 15.0. The van der Waals surface area contributed by atoms with Crippen molar-refractivity contribution < 1.29 is 0 Å². The SMILES string of the molecule is Nc1nccc(-c2cnc(N)nc2-c2cnc3ccccc3c2)n1. The number of hydrogen-bond acceptors (Lipinski definition) is 7. The molecule has 0 unspecified atom stereocenters. The van der Waals surface area contributed by atoms with Crippen molar-refractivity contribution in [3.05, 3.63) is 55.0 Å². The van der Waals surface area contributed by atoms with Gasteiger partial charge in [-0.05, 0) is 18.2 Å². The second-order valence-electron chi connectivity index (χ2n) is 5.21. The zero-order valence-electron chi connectivity index (χ0n) is 12.6. The van der Waals surface area contributed by atoms with Crippen molar-refractivity contribution in [1.29, 1.82) is 0 Å². The van der Waals surface area contributed by atoms with Crippen LogP contribution in [0.5, 0.6) is 0 Å². The zero-order chi connectivity index (χ0) is 16.5. The molecule has 0 aliphatic rings. The van der Waals surface area contributed by atoms with Gasteiger partial charge in [0.05, 0.1) is 16.9 Å². The van der Waals surface area contributed by atoms with Gasteiger partial charge in [0.1, 0.15) is 0 Å². The minimum Gasteiger partial charge on any atom is -0.368 e. The summed E-state index contributed by atoms with van der Waals surface area (Å²) in [6.07, 6.45) is 4.99. The van der Waals surface area contributed by atoms with Crippen LogP contribution in [0, 0.1) is 0 Å². The molecule has 0 fully saturated rings. The highest BCUT2D eigenvalue weighted by Gasteiger charge is 2.13. The fraction of sp³-hybridized carbons (Fsp3) is 0. The van der Waals surface area contributed by atoms with E-state index in [9.17, 15) is 0 Å². The van der Waals surface area contributed by atoms with Crippen LogP contribution in [0.4, 0.5) is 11.9 Å². The molecule has 4 N–H and O–H groups in total. The topological polar surface area (TPSA) is 116 Å². The molecular weight excluding hydrogens is 302 g/mol. The summed E-state index contributed by atoms with van der Waals surface area (Å²) in [5.41, 5.74) is 15.2. The molecule has 0 amide bonds. The van der Waals surface area contributed by atoms with Crippen LogP contribution in [0.3, 0.4) is 0 Å². The van der Waals surface area contributed by atoms with E-state index in [1.54, 1.807) is 24.7 Å². The molecule has 4 rings (SSSR count). The number of nitrogen functional groups attached to an aromatic ring is 2. The van der Waals surface area contributed by atoms with E-state index >= 15 is 0 Å². The standard InChI is InChI=1S/C17H13N7/c18-16-20-6-5-14(23-16)12-9-22-17(19)24-15(12)11-7-10-3-1-2-4-13(10)21-8-11/h1-9H,(H2,18,20,23)(H2,19,22,24). The molecule has 0 atom stereocenters. The van der Waals surface area contributed by atoms with E-state index in [4.69, 9.17) is 11.5 Å². The predicted molar refractivity (Wildman–Crippen MR) is 92.6 cm³/mol. The van der Waals surface area contributed by atoms with E-state index in [0.29, 0.717) is 11.4 Å². The molecule has 24 heavy (non-hydrogen) atoms. The van der Waals surface area contributed by atoms with E-state index in [1.807, 2.05) is 30.3 Å². The number of benzene rings is 1. The molecule has 116 valence electrons. The second kappa shape index (κ2) is 5.54. The first kappa shape index (κ1) is 14.0. The molecule has 7 heteroatoms. The summed E-state index contributed by atoms with van der Waals surface area (Å²) >= 11 is 0. The van der Waals surface area contributed by atoms with Crippen molar-refractivity contribution in [3.63, 3.8) is 0 Å². The molecule has 3 heterocycles. The van der Waals surface area contributed by atoms with Gasteiger partial charge in [-0.2, -0.15) is 0 Å². The van der Waals surface area contributed by atoms with Gasteiger partial charge in [-0.25, -0.2) is 19.9 Å². The molecular formula is C17H13N7. The van der Waals surface area contributed by atoms with Crippen LogP contribution in [0.15, 0.2) is 55.0 Å². The zero-order valence-corrected chi connectivity index (χ0v) is 12.6. The smallest absolute Gasteiger partial charge is 0.220 e. The summed E-state index contributed by atoms with van der Waals surface area (Å²) in [6, 6.07) is 11.6. The maximum Gasteiger partial charge on any atom is 0.220 e. The lowest BCUT2D eigenvalue weighted by Gasteiger charge is -2.09. The van der Waals surface area contributed by atoms with Crippen LogP contribution < -0.4 is 11.5 Å². The number of pyridine rings is 1. The van der Waals surface area contributed by atoms with Gasteiger partial charge >= 0.3 is 0 Å². The van der Waals surface area contributed by atoms with E-state index in [0.717, 1.165) is 22.0 Å². The molecule has 3 aromatic heterocycles. The Balaban J connectivity index is 1.94. The Morgan fingerprint density at radius 1 is 0.792 bits per heavy atom. The number of anilines is 2. The molecule has 0 radical (unpaired) electrons. The molecule has 0 saturated carbocycles.